The highest BCUT2D eigenvalue weighted by atomic mass is 32.2. The highest BCUT2D eigenvalue weighted by Gasteiger charge is 2.12. The van der Waals surface area contributed by atoms with Gasteiger partial charge in [0.05, 0.1) is 0 Å². The third kappa shape index (κ3) is 5.34. The molecule has 0 bridgehead atoms. The van der Waals surface area contributed by atoms with Crippen molar-refractivity contribution < 1.29 is 9.59 Å². The van der Waals surface area contributed by atoms with Crippen LogP contribution in [-0.2, 0) is 4.79 Å². The summed E-state index contributed by atoms with van der Waals surface area (Å²) >= 11 is 1.11. The molecule has 1 aromatic carbocycles. The van der Waals surface area contributed by atoms with Gasteiger partial charge < -0.3 is 10.6 Å². The van der Waals surface area contributed by atoms with E-state index in [9.17, 15) is 9.59 Å². The normalized spacial score (nSPS) is 11.7. The first-order valence-corrected chi connectivity index (χ1v) is 7.55. The van der Waals surface area contributed by atoms with Gasteiger partial charge in [-0.05, 0) is 30.9 Å². The second-order valence-electron chi connectivity index (χ2n) is 4.38. The highest BCUT2D eigenvalue weighted by molar-refractivity contribution is 8.13. The number of hydrogen-bond acceptors (Lipinski definition) is 3. The minimum atomic E-state index is -0.122. The van der Waals surface area contributed by atoms with Crippen LogP contribution in [0.15, 0.2) is 24.3 Å². The van der Waals surface area contributed by atoms with Gasteiger partial charge in [0, 0.05) is 17.3 Å². The van der Waals surface area contributed by atoms with Crippen LogP contribution >= 0.6 is 11.8 Å². The van der Waals surface area contributed by atoms with Crippen LogP contribution in [0.25, 0.3) is 0 Å². The zero-order valence-corrected chi connectivity index (χ0v) is 12.3. The summed E-state index contributed by atoms with van der Waals surface area (Å²) in [4.78, 5) is 23.2. The largest absolute Gasteiger partial charge is 0.326 e. The molecular formula is C14H20N2O2S. The molecular weight excluding hydrogens is 260 g/mol. The number of thioether (sulfide) groups is 1. The fourth-order valence-corrected chi connectivity index (χ4v) is 1.89. The summed E-state index contributed by atoms with van der Waals surface area (Å²) in [6, 6.07) is 7.16. The molecule has 0 aliphatic rings. The number of hydrogen-bond donors (Lipinski definition) is 2. The molecule has 19 heavy (non-hydrogen) atoms. The SMILES string of the molecule is CCCC(C)C(=O)Nc1cccc(NC(=O)SC)c1. The summed E-state index contributed by atoms with van der Waals surface area (Å²) in [5.41, 5.74) is 1.38. The molecule has 0 saturated heterocycles. The second kappa shape index (κ2) is 7.84. The first-order chi connectivity index (χ1) is 9.06. The van der Waals surface area contributed by atoms with Crippen molar-refractivity contribution in [2.45, 2.75) is 26.7 Å². The Kier molecular flexibility index (Phi) is 6.42. The lowest BCUT2D eigenvalue weighted by molar-refractivity contribution is -0.119. The standard InChI is InChI=1S/C14H20N2O2S/c1-4-6-10(2)13(17)15-11-7-5-8-12(9-11)16-14(18)19-3/h5,7-10H,4,6H2,1-3H3,(H,15,17)(H,16,18). The maximum Gasteiger partial charge on any atom is 0.283 e. The molecule has 0 aromatic heterocycles. The van der Waals surface area contributed by atoms with Crippen molar-refractivity contribution in [2.24, 2.45) is 5.92 Å². The summed E-state index contributed by atoms with van der Waals surface area (Å²) in [5.74, 6) is 0.00429. The molecule has 0 radical (unpaired) electrons. The number of nitrogens with one attached hydrogen (secondary N) is 2. The van der Waals surface area contributed by atoms with E-state index in [-0.39, 0.29) is 17.1 Å². The molecule has 0 aliphatic carbocycles. The highest BCUT2D eigenvalue weighted by Crippen LogP contribution is 2.18. The van der Waals surface area contributed by atoms with E-state index in [1.165, 1.54) is 0 Å². The lowest BCUT2D eigenvalue weighted by atomic mass is 10.1. The minimum absolute atomic E-state index is 0.00514. The third-order valence-electron chi connectivity index (χ3n) is 2.73. The molecule has 0 spiro atoms. The van der Waals surface area contributed by atoms with E-state index < -0.39 is 0 Å². The van der Waals surface area contributed by atoms with Gasteiger partial charge in [-0.1, -0.05) is 38.1 Å². The number of benzene rings is 1. The molecule has 0 saturated carbocycles. The molecule has 1 unspecified atom stereocenters. The Labute approximate surface area is 118 Å². The fourth-order valence-electron chi connectivity index (χ4n) is 1.67. The van der Waals surface area contributed by atoms with Gasteiger partial charge in [-0.15, -0.1) is 0 Å². The number of carbonyl (C=O) groups excluding carboxylic acids is 2. The van der Waals surface area contributed by atoms with E-state index >= 15 is 0 Å². The Hall–Kier alpha value is -1.49. The fraction of sp³-hybridized carbons (Fsp3) is 0.429. The van der Waals surface area contributed by atoms with Gasteiger partial charge in [-0.3, -0.25) is 9.59 Å². The first kappa shape index (κ1) is 15.6. The van der Waals surface area contributed by atoms with Gasteiger partial charge >= 0.3 is 0 Å². The molecule has 0 fully saturated rings. The predicted molar refractivity (Wildman–Crippen MR) is 81.7 cm³/mol. The quantitative estimate of drug-likeness (QED) is 0.858. The summed E-state index contributed by atoms with van der Waals surface area (Å²) in [7, 11) is 0. The van der Waals surface area contributed by atoms with Crippen molar-refractivity contribution in [2.75, 3.05) is 16.9 Å². The lowest BCUT2D eigenvalue weighted by Gasteiger charge is -2.12. The van der Waals surface area contributed by atoms with E-state index in [0.717, 1.165) is 24.6 Å². The van der Waals surface area contributed by atoms with Crippen LogP contribution in [0.1, 0.15) is 26.7 Å². The monoisotopic (exact) mass is 280 g/mol. The molecule has 2 amide bonds. The van der Waals surface area contributed by atoms with E-state index in [1.807, 2.05) is 13.0 Å². The Balaban J connectivity index is 2.66. The van der Waals surface area contributed by atoms with Crippen LogP contribution in [0.2, 0.25) is 0 Å². The van der Waals surface area contributed by atoms with Crippen LogP contribution in [0.4, 0.5) is 16.2 Å². The molecule has 1 aromatic rings. The molecule has 1 atom stereocenters. The number of carbonyl (C=O) groups is 2. The molecule has 5 heteroatoms. The average molecular weight is 280 g/mol. The molecule has 0 heterocycles. The lowest BCUT2D eigenvalue weighted by Crippen LogP contribution is -2.20. The molecule has 2 N–H and O–H groups in total. The van der Waals surface area contributed by atoms with Gasteiger partial charge in [-0.25, -0.2) is 0 Å². The Morgan fingerprint density at radius 1 is 1.26 bits per heavy atom. The van der Waals surface area contributed by atoms with Crippen molar-refractivity contribution in [3.05, 3.63) is 24.3 Å². The van der Waals surface area contributed by atoms with Crippen molar-refractivity contribution >= 4 is 34.3 Å². The van der Waals surface area contributed by atoms with Gasteiger partial charge in [0.2, 0.25) is 5.91 Å². The second-order valence-corrected chi connectivity index (χ2v) is 5.16. The van der Waals surface area contributed by atoms with Gasteiger partial charge in [-0.2, -0.15) is 0 Å². The third-order valence-corrected chi connectivity index (χ3v) is 3.20. The summed E-state index contributed by atoms with van der Waals surface area (Å²) in [6.45, 7) is 3.97. The Bertz CT molecular complexity index is 449. The van der Waals surface area contributed by atoms with Crippen LogP contribution < -0.4 is 10.6 Å². The average Bonchev–Trinajstić information content (AvgIpc) is 2.39. The summed E-state index contributed by atoms with van der Waals surface area (Å²) in [6.07, 6.45) is 3.57. The van der Waals surface area contributed by atoms with Crippen molar-refractivity contribution in [1.29, 1.82) is 0 Å². The smallest absolute Gasteiger partial charge is 0.283 e. The maximum absolute atomic E-state index is 11.9. The van der Waals surface area contributed by atoms with Crippen molar-refractivity contribution in [3.8, 4) is 0 Å². The maximum atomic E-state index is 11.9. The van der Waals surface area contributed by atoms with Crippen LogP contribution in [0, 0.1) is 5.92 Å². The van der Waals surface area contributed by atoms with E-state index in [4.69, 9.17) is 0 Å². The molecule has 4 nitrogen and oxygen atoms in total. The zero-order valence-electron chi connectivity index (χ0n) is 11.5. The number of amides is 2. The molecule has 104 valence electrons. The Morgan fingerprint density at radius 3 is 2.47 bits per heavy atom. The van der Waals surface area contributed by atoms with Crippen LogP contribution in [-0.4, -0.2) is 17.4 Å². The van der Waals surface area contributed by atoms with Gasteiger partial charge in [0.25, 0.3) is 5.24 Å². The van der Waals surface area contributed by atoms with Crippen LogP contribution in [0.5, 0.6) is 0 Å². The van der Waals surface area contributed by atoms with E-state index in [1.54, 1.807) is 24.5 Å². The van der Waals surface area contributed by atoms with E-state index in [2.05, 4.69) is 17.6 Å². The minimum Gasteiger partial charge on any atom is -0.326 e. The first-order valence-electron chi connectivity index (χ1n) is 6.32. The topological polar surface area (TPSA) is 58.2 Å². The Morgan fingerprint density at radius 2 is 1.89 bits per heavy atom. The summed E-state index contributed by atoms with van der Waals surface area (Å²) in [5, 5.41) is 5.47. The number of rotatable bonds is 5. The molecule has 0 aliphatic heterocycles. The zero-order chi connectivity index (χ0) is 14.3. The predicted octanol–water partition coefficient (Wildman–Crippen LogP) is 3.96. The van der Waals surface area contributed by atoms with Gasteiger partial charge in [0.1, 0.15) is 0 Å². The molecule has 1 rings (SSSR count). The summed E-state index contributed by atoms with van der Waals surface area (Å²) < 4.78 is 0. The van der Waals surface area contributed by atoms with E-state index in [0.29, 0.717) is 11.4 Å². The van der Waals surface area contributed by atoms with Crippen molar-refractivity contribution in [3.63, 3.8) is 0 Å². The number of anilines is 2. The van der Waals surface area contributed by atoms with Gasteiger partial charge in [0.15, 0.2) is 0 Å². The van der Waals surface area contributed by atoms with Crippen LogP contribution in [0.3, 0.4) is 0 Å². The van der Waals surface area contributed by atoms with Crippen molar-refractivity contribution in [1.82, 2.24) is 0 Å².